The van der Waals surface area contributed by atoms with Crippen molar-refractivity contribution in [1.29, 1.82) is 0 Å². The quantitative estimate of drug-likeness (QED) is 0.591. The van der Waals surface area contributed by atoms with E-state index in [4.69, 9.17) is 0 Å². The lowest BCUT2D eigenvalue weighted by molar-refractivity contribution is -0.136. The summed E-state index contributed by atoms with van der Waals surface area (Å²) in [6.45, 7) is 7.90. The maximum Gasteiger partial charge on any atom is 0.262 e. The molecule has 0 aromatic heterocycles. The second kappa shape index (κ2) is 9.93. The molecule has 1 aromatic carbocycles. The third-order valence-electron chi connectivity index (χ3n) is 7.73. The molecular weight excluding hydrogens is 434 g/mol. The Labute approximate surface area is 199 Å². The second-order valence-corrected chi connectivity index (χ2v) is 9.89. The Bertz CT molecular complexity index is 982. The molecule has 0 bridgehead atoms. The molecule has 2 N–H and O–H groups in total. The van der Waals surface area contributed by atoms with E-state index in [9.17, 15) is 19.2 Å². The van der Waals surface area contributed by atoms with Crippen molar-refractivity contribution in [1.82, 2.24) is 25.3 Å². The molecular formula is C25H33N5O4. The predicted molar refractivity (Wildman–Crippen MR) is 125 cm³/mol. The van der Waals surface area contributed by atoms with Gasteiger partial charge in [-0.3, -0.25) is 34.3 Å². The molecule has 4 aliphatic rings. The maximum atomic E-state index is 13.3. The summed E-state index contributed by atoms with van der Waals surface area (Å²) in [5.74, 6) is -0.979. The van der Waals surface area contributed by atoms with Gasteiger partial charge in [-0.15, -0.1) is 0 Å². The minimum atomic E-state index is -0.929. The molecule has 5 rings (SSSR count). The van der Waals surface area contributed by atoms with Gasteiger partial charge in [0.1, 0.15) is 6.04 Å². The summed E-state index contributed by atoms with van der Waals surface area (Å²) in [6, 6.07) is 4.44. The smallest absolute Gasteiger partial charge is 0.262 e. The van der Waals surface area contributed by atoms with Crippen LogP contribution in [0.4, 0.5) is 0 Å². The number of nitrogens with zero attached hydrogens (tertiary/aromatic N) is 3. The number of imide groups is 2. The maximum absolute atomic E-state index is 13.3. The zero-order chi connectivity index (χ0) is 23.7. The molecule has 4 amide bonds. The molecule has 1 aromatic rings. The van der Waals surface area contributed by atoms with Crippen molar-refractivity contribution in [3.63, 3.8) is 0 Å². The fraction of sp³-hybridized carbons (Fsp3) is 0.600. The first-order valence-electron chi connectivity index (χ1n) is 12.5. The van der Waals surface area contributed by atoms with E-state index in [2.05, 4.69) is 20.4 Å². The van der Waals surface area contributed by atoms with Crippen molar-refractivity contribution in [3.05, 3.63) is 34.9 Å². The summed E-state index contributed by atoms with van der Waals surface area (Å²) in [7, 11) is 0. The van der Waals surface area contributed by atoms with Gasteiger partial charge in [-0.25, -0.2) is 0 Å². The molecule has 9 nitrogen and oxygen atoms in total. The van der Waals surface area contributed by atoms with E-state index < -0.39 is 23.8 Å². The molecule has 182 valence electrons. The monoisotopic (exact) mass is 467 g/mol. The van der Waals surface area contributed by atoms with Crippen LogP contribution in [0, 0.1) is 5.92 Å². The van der Waals surface area contributed by atoms with Crippen LogP contribution < -0.4 is 10.6 Å². The highest BCUT2D eigenvalue weighted by Crippen LogP contribution is 2.30. The SMILES string of the molecule is O=C1CCC(N2C(=O)c3cccc(CN4CCN(CCC5CCNCC5)CC4)c3C2=O)C(=O)N1. The molecule has 1 unspecified atom stereocenters. The molecule has 0 radical (unpaired) electrons. The molecule has 4 aliphatic heterocycles. The van der Waals surface area contributed by atoms with Gasteiger partial charge < -0.3 is 10.2 Å². The van der Waals surface area contributed by atoms with Crippen LogP contribution in [-0.4, -0.2) is 90.2 Å². The third-order valence-corrected chi connectivity index (χ3v) is 7.73. The summed E-state index contributed by atoms with van der Waals surface area (Å²) in [6.07, 6.45) is 4.12. The molecule has 34 heavy (non-hydrogen) atoms. The molecule has 0 spiro atoms. The lowest BCUT2D eigenvalue weighted by atomic mass is 9.94. The first-order valence-corrected chi connectivity index (χ1v) is 12.5. The summed E-state index contributed by atoms with van der Waals surface area (Å²) in [5.41, 5.74) is 1.59. The minimum Gasteiger partial charge on any atom is -0.317 e. The standard InChI is InChI=1S/C25H33N5O4/c31-21-5-4-20(23(32)27-21)30-24(33)19-3-1-2-18(22(19)25(30)34)16-29-14-12-28(13-15-29)11-8-17-6-9-26-10-7-17/h1-3,17,20,26H,4-16H2,(H,27,31,32). The summed E-state index contributed by atoms with van der Waals surface area (Å²) < 4.78 is 0. The van der Waals surface area contributed by atoms with E-state index in [0.717, 1.165) is 62.2 Å². The fourth-order valence-corrected chi connectivity index (χ4v) is 5.66. The topological polar surface area (TPSA) is 102 Å². The molecule has 3 fully saturated rings. The van der Waals surface area contributed by atoms with Crippen molar-refractivity contribution in [3.8, 4) is 0 Å². The molecule has 0 saturated carbocycles. The Morgan fingerprint density at radius 3 is 2.35 bits per heavy atom. The van der Waals surface area contributed by atoms with Gasteiger partial charge in [-0.05, 0) is 62.9 Å². The van der Waals surface area contributed by atoms with Crippen LogP contribution in [0.2, 0.25) is 0 Å². The highest BCUT2D eigenvalue weighted by Gasteiger charge is 2.45. The molecule has 9 heteroatoms. The number of amides is 4. The van der Waals surface area contributed by atoms with Crippen molar-refractivity contribution in [2.75, 3.05) is 45.8 Å². The second-order valence-electron chi connectivity index (χ2n) is 9.89. The van der Waals surface area contributed by atoms with Gasteiger partial charge in [0.2, 0.25) is 11.8 Å². The Kier molecular flexibility index (Phi) is 6.76. The Morgan fingerprint density at radius 1 is 0.882 bits per heavy atom. The molecule has 0 aliphatic carbocycles. The number of rotatable bonds is 6. The number of piperidine rings is 2. The fourth-order valence-electron chi connectivity index (χ4n) is 5.66. The van der Waals surface area contributed by atoms with Gasteiger partial charge in [0.25, 0.3) is 11.8 Å². The molecule has 1 atom stereocenters. The van der Waals surface area contributed by atoms with E-state index in [-0.39, 0.29) is 18.7 Å². The highest BCUT2D eigenvalue weighted by atomic mass is 16.2. The Hall–Kier alpha value is -2.62. The first kappa shape index (κ1) is 23.1. The highest BCUT2D eigenvalue weighted by molar-refractivity contribution is 6.24. The summed E-state index contributed by atoms with van der Waals surface area (Å²) in [4.78, 5) is 56.1. The number of piperazine rings is 1. The van der Waals surface area contributed by atoms with Gasteiger partial charge >= 0.3 is 0 Å². The zero-order valence-corrected chi connectivity index (χ0v) is 19.6. The first-order chi connectivity index (χ1) is 16.5. The summed E-state index contributed by atoms with van der Waals surface area (Å²) >= 11 is 0. The number of carbonyl (C=O) groups excluding carboxylic acids is 4. The van der Waals surface area contributed by atoms with E-state index >= 15 is 0 Å². The lowest BCUT2D eigenvalue weighted by Gasteiger charge is -2.36. The Balaban J connectivity index is 1.20. The number of fused-ring (bicyclic) bond motifs is 1. The van der Waals surface area contributed by atoms with Gasteiger partial charge in [0, 0.05) is 39.1 Å². The van der Waals surface area contributed by atoms with Gasteiger partial charge in [-0.1, -0.05) is 12.1 Å². The van der Waals surface area contributed by atoms with Crippen molar-refractivity contribution >= 4 is 23.6 Å². The number of benzene rings is 1. The van der Waals surface area contributed by atoms with Crippen LogP contribution in [0.5, 0.6) is 0 Å². The van der Waals surface area contributed by atoms with Gasteiger partial charge in [0.15, 0.2) is 0 Å². The minimum absolute atomic E-state index is 0.124. The van der Waals surface area contributed by atoms with Crippen LogP contribution >= 0.6 is 0 Å². The molecule has 4 heterocycles. The van der Waals surface area contributed by atoms with Gasteiger partial charge in [-0.2, -0.15) is 0 Å². The van der Waals surface area contributed by atoms with Crippen LogP contribution in [0.25, 0.3) is 0 Å². The molecule has 3 saturated heterocycles. The van der Waals surface area contributed by atoms with E-state index in [0.29, 0.717) is 17.7 Å². The normalized spacial score (nSPS) is 25.1. The van der Waals surface area contributed by atoms with Crippen molar-refractivity contribution in [2.24, 2.45) is 5.92 Å². The predicted octanol–water partition coefficient (Wildman–Crippen LogP) is 0.595. The lowest BCUT2D eigenvalue weighted by Crippen LogP contribution is -2.54. The Morgan fingerprint density at radius 2 is 1.62 bits per heavy atom. The largest absolute Gasteiger partial charge is 0.317 e. The van der Waals surface area contributed by atoms with E-state index in [1.807, 2.05) is 12.1 Å². The third kappa shape index (κ3) is 4.64. The number of hydrogen-bond acceptors (Lipinski definition) is 7. The van der Waals surface area contributed by atoms with Crippen LogP contribution in [-0.2, 0) is 16.1 Å². The van der Waals surface area contributed by atoms with E-state index in [1.54, 1.807) is 6.07 Å². The van der Waals surface area contributed by atoms with Crippen molar-refractivity contribution < 1.29 is 19.2 Å². The zero-order valence-electron chi connectivity index (χ0n) is 19.6. The van der Waals surface area contributed by atoms with Gasteiger partial charge in [0.05, 0.1) is 11.1 Å². The number of nitrogens with one attached hydrogen (secondary N) is 2. The van der Waals surface area contributed by atoms with Crippen LogP contribution in [0.1, 0.15) is 58.4 Å². The average Bonchev–Trinajstić information content (AvgIpc) is 3.10. The summed E-state index contributed by atoms with van der Waals surface area (Å²) in [5, 5.41) is 5.68. The number of carbonyl (C=O) groups is 4. The van der Waals surface area contributed by atoms with Crippen LogP contribution in [0.15, 0.2) is 18.2 Å². The van der Waals surface area contributed by atoms with Crippen molar-refractivity contribution in [2.45, 2.75) is 44.7 Å². The van der Waals surface area contributed by atoms with Crippen LogP contribution in [0.3, 0.4) is 0 Å². The average molecular weight is 468 g/mol. The number of hydrogen-bond donors (Lipinski definition) is 2. The van der Waals surface area contributed by atoms with E-state index in [1.165, 1.54) is 19.3 Å².